The molecule has 1 aromatic heterocycles. The Morgan fingerprint density at radius 3 is 2.33 bits per heavy atom. The molecule has 0 spiro atoms. The number of aliphatic hydroxyl groups excluding tert-OH is 1. The first-order chi connectivity index (χ1) is 26.6. The molecule has 0 saturated heterocycles. The van der Waals surface area contributed by atoms with Crippen molar-refractivity contribution in [2.75, 3.05) is 18.4 Å². The highest BCUT2D eigenvalue weighted by Crippen LogP contribution is 2.59. The normalized spacial score (nSPS) is 22.7. The van der Waals surface area contributed by atoms with E-state index in [0.29, 0.717) is 61.9 Å². The lowest BCUT2D eigenvalue weighted by Gasteiger charge is -2.46. The Kier molecular flexibility index (Phi) is 11.8. The van der Waals surface area contributed by atoms with E-state index in [1.807, 2.05) is 90.3 Å². The number of ketones is 1. The molecule has 55 heavy (non-hydrogen) atoms. The van der Waals surface area contributed by atoms with Gasteiger partial charge in [0.25, 0.3) is 0 Å². The summed E-state index contributed by atoms with van der Waals surface area (Å²) in [5.74, 6) is -0.210. The number of para-hydroxylation sites is 1. The summed E-state index contributed by atoms with van der Waals surface area (Å²) in [7, 11) is 0. The van der Waals surface area contributed by atoms with Gasteiger partial charge in [-0.15, -0.1) is 11.3 Å². The van der Waals surface area contributed by atoms with Crippen LogP contribution < -0.4 is 5.32 Å². The molecular formula is C48H52N2O4S. The largest absolute Gasteiger partial charge is 0.393 e. The van der Waals surface area contributed by atoms with Gasteiger partial charge in [0, 0.05) is 33.7 Å². The van der Waals surface area contributed by atoms with Crippen molar-refractivity contribution in [3.63, 3.8) is 0 Å². The van der Waals surface area contributed by atoms with E-state index in [1.54, 1.807) is 16.2 Å². The standard InChI is InChI=1S/C48H52N2O4S/c1-34-11-9-27-47(2)44(25-28-48(47,54)33-50(29-26-41-16-10-30-55-41)46(53)49-39-14-7-4-8-15-39)42-24-18-35(31-40(51)23-17-34)32-43(42)45(52)38-21-19-37(20-22-38)36-12-5-3-6-13-36/h3-8,10-16,18-22,24,30,32,40,44,51,54H,9,17,23,25-29,31,33H2,1-2H3,(H,49,53). The molecule has 0 radical (unpaired) electrons. The van der Waals surface area contributed by atoms with Gasteiger partial charge in [0.2, 0.25) is 0 Å². The molecule has 0 aliphatic heterocycles. The van der Waals surface area contributed by atoms with Crippen LogP contribution in [0.5, 0.6) is 0 Å². The number of nitrogens with one attached hydrogen (secondary N) is 1. The zero-order valence-electron chi connectivity index (χ0n) is 31.9. The third-order valence-electron chi connectivity index (χ3n) is 12.1. The number of urea groups is 1. The average molecular weight is 753 g/mol. The fraction of sp³-hybridized carbons (Fsp3) is 0.333. The molecule has 1 heterocycles. The van der Waals surface area contributed by atoms with Gasteiger partial charge < -0.3 is 20.4 Å². The molecule has 4 aromatic carbocycles. The number of allylic oxidation sites excluding steroid dienone is 2. The van der Waals surface area contributed by atoms with Crippen molar-refractivity contribution < 1.29 is 19.8 Å². The molecule has 2 amide bonds. The Balaban J connectivity index is 1.26. The van der Waals surface area contributed by atoms with Crippen LogP contribution in [0.25, 0.3) is 11.1 Å². The van der Waals surface area contributed by atoms with Gasteiger partial charge in [0.05, 0.1) is 18.2 Å². The molecule has 5 aromatic rings. The maximum absolute atomic E-state index is 14.7. The lowest BCUT2D eigenvalue weighted by molar-refractivity contribution is -0.0762. The second kappa shape index (κ2) is 16.9. The van der Waals surface area contributed by atoms with E-state index in [9.17, 15) is 19.8 Å². The van der Waals surface area contributed by atoms with Crippen LogP contribution in [0.1, 0.15) is 90.2 Å². The van der Waals surface area contributed by atoms with Gasteiger partial charge in [0.15, 0.2) is 5.78 Å². The summed E-state index contributed by atoms with van der Waals surface area (Å²) < 4.78 is 0. The monoisotopic (exact) mass is 752 g/mol. The number of benzene rings is 4. The molecule has 7 heteroatoms. The van der Waals surface area contributed by atoms with Crippen LogP contribution in [-0.4, -0.2) is 51.7 Å². The highest BCUT2D eigenvalue weighted by Gasteiger charge is 2.57. The van der Waals surface area contributed by atoms with Crippen molar-refractivity contribution in [3.05, 3.63) is 159 Å². The van der Waals surface area contributed by atoms with Crippen molar-refractivity contribution in [2.24, 2.45) is 5.41 Å². The quantitative estimate of drug-likeness (QED) is 0.103. The maximum Gasteiger partial charge on any atom is 0.321 e. The van der Waals surface area contributed by atoms with E-state index >= 15 is 0 Å². The number of hydrogen-bond acceptors (Lipinski definition) is 5. The van der Waals surface area contributed by atoms with Crippen molar-refractivity contribution in [3.8, 4) is 11.1 Å². The summed E-state index contributed by atoms with van der Waals surface area (Å²) >= 11 is 1.67. The molecule has 284 valence electrons. The van der Waals surface area contributed by atoms with Gasteiger partial charge in [-0.1, -0.05) is 110 Å². The third kappa shape index (κ3) is 8.70. The van der Waals surface area contributed by atoms with Gasteiger partial charge >= 0.3 is 6.03 Å². The van der Waals surface area contributed by atoms with Crippen LogP contribution in [-0.2, 0) is 12.8 Å². The predicted molar refractivity (Wildman–Crippen MR) is 224 cm³/mol. The van der Waals surface area contributed by atoms with Gasteiger partial charge in [-0.3, -0.25) is 4.79 Å². The zero-order valence-corrected chi connectivity index (χ0v) is 32.7. The van der Waals surface area contributed by atoms with Crippen molar-refractivity contribution in [1.82, 2.24) is 4.90 Å². The van der Waals surface area contributed by atoms with E-state index in [1.165, 1.54) is 10.5 Å². The number of carbonyl (C=O) groups excluding carboxylic acids is 2. The van der Waals surface area contributed by atoms with Crippen LogP contribution in [0.2, 0.25) is 0 Å². The van der Waals surface area contributed by atoms with Crippen LogP contribution in [0, 0.1) is 5.41 Å². The summed E-state index contributed by atoms with van der Waals surface area (Å²) in [5, 5.41) is 29.3. The topological polar surface area (TPSA) is 89.9 Å². The lowest BCUT2D eigenvalue weighted by atomic mass is 9.64. The molecule has 1 fully saturated rings. The number of carbonyl (C=O) groups is 2. The van der Waals surface area contributed by atoms with E-state index in [4.69, 9.17) is 0 Å². The number of amides is 2. The summed E-state index contributed by atoms with van der Waals surface area (Å²) in [6.07, 6.45) is 6.86. The fourth-order valence-electron chi connectivity index (χ4n) is 8.79. The minimum atomic E-state index is -1.23. The van der Waals surface area contributed by atoms with E-state index in [2.05, 4.69) is 55.6 Å². The molecule has 2 bridgehead atoms. The number of hydrogen-bond donors (Lipinski definition) is 3. The molecule has 3 N–H and O–H groups in total. The fourth-order valence-corrected chi connectivity index (χ4v) is 9.49. The van der Waals surface area contributed by atoms with Crippen LogP contribution in [0.3, 0.4) is 0 Å². The second-order valence-electron chi connectivity index (χ2n) is 15.8. The molecule has 3 aliphatic carbocycles. The Morgan fingerprint density at radius 1 is 0.873 bits per heavy atom. The highest BCUT2D eigenvalue weighted by atomic mass is 32.1. The SMILES string of the molecule is CC1=CCCC2(C)C(CCC2(O)CN(CCc2cccs2)C(=O)Nc2ccccc2)c2ccc(cc2C(=O)c2ccc(-c3ccccc3)cc2)CC(O)CC1. The van der Waals surface area contributed by atoms with Crippen LogP contribution in [0.4, 0.5) is 10.5 Å². The van der Waals surface area contributed by atoms with E-state index in [0.717, 1.165) is 35.1 Å². The number of rotatable bonds is 9. The minimum Gasteiger partial charge on any atom is -0.393 e. The summed E-state index contributed by atoms with van der Waals surface area (Å²) in [5.41, 5.74) is 5.23. The number of fused-ring (bicyclic) bond motifs is 8. The number of thiophene rings is 1. The molecule has 6 nitrogen and oxygen atoms in total. The minimum absolute atomic E-state index is 0.0635. The van der Waals surface area contributed by atoms with Gasteiger partial charge in [-0.2, -0.15) is 0 Å². The molecule has 8 rings (SSSR count). The van der Waals surface area contributed by atoms with E-state index in [-0.39, 0.29) is 24.3 Å². The highest BCUT2D eigenvalue weighted by molar-refractivity contribution is 7.09. The van der Waals surface area contributed by atoms with Gasteiger partial charge in [-0.25, -0.2) is 4.79 Å². The number of nitrogens with zero attached hydrogens (tertiary/aromatic N) is 1. The summed E-state index contributed by atoms with van der Waals surface area (Å²) in [6.45, 7) is 4.92. The number of anilines is 1. The van der Waals surface area contributed by atoms with Crippen LogP contribution in [0.15, 0.2) is 132 Å². The van der Waals surface area contributed by atoms with Crippen LogP contribution >= 0.6 is 11.3 Å². The predicted octanol–water partition coefficient (Wildman–Crippen LogP) is 10.5. The first-order valence-corrected chi connectivity index (χ1v) is 20.5. The lowest BCUT2D eigenvalue weighted by Crippen LogP contribution is -2.54. The van der Waals surface area contributed by atoms with Crippen molar-refractivity contribution in [1.29, 1.82) is 0 Å². The van der Waals surface area contributed by atoms with Gasteiger partial charge in [-0.05, 0) is 116 Å². The molecule has 4 atom stereocenters. The molecular weight excluding hydrogens is 701 g/mol. The average Bonchev–Trinajstić information content (AvgIpc) is 3.81. The maximum atomic E-state index is 14.7. The zero-order chi connectivity index (χ0) is 38.4. The summed E-state index contributed by atoms with van der Waals surface area (Å²) in [4.78, 5) is 31.7. The van der Waals surface area contributed by atoms with Gasteiger partial charge in [0.1, 0.15) is 0 Å². The molecule has 4 unspecified atom stereocenters. The molecule has 3 aliphatic rings. The van der Waals surface area contributed by atoms with Crippen molar-refractivity contribution >= 4 is 28.8 Å². The third-order valence-corrected chi connectivity index (χ3v) is 13.1. The smallest absolute Gasteiger partial charge is 0.321 e. The van der Waals surface area contributed by atoms with E-state index < -0.39 is 17.1 Å². The first-order valence-electron chi connectivity index (χ1n) is 19.6. The second-order valence-corrected chi connectivity index (χ2v) is 16.8. The van der Waals surface area contributed by atoms with Crippen molar-refractivity contribution in [2.45, 2.75) is 82.8 Å². The number of aliphatic hydroxyl groups is 2. The Hall–Kier alpha value is -4.82. The Labute approximate surface area is 329 Å². The molecule has 1 saturated carbocycles. The Morgan fingerprint density at radius 2 is 1.60 bits per heavy atom. The summed E-state index contributed by atoms with van der Waals surface area (Å²) in [6, 6.07) is 37.4. The first kappa shape index (κ1) is 38.5. The Bertz CT molecular complexity index is 2100.